The van der Waals surface area contributed by atoms with Crippen LogP contribution in [-0.4, -0.2) is 24.3 Å². The molecule has 1 rings (SSSR count). The number of hydrogen-bond donors (Lipinski definition) is 3. The van der Waals surface area contributed by atoms with Crippen LogP contribution >= 0.6 is 12.4 Å². The molecule has 1 aliphatic heterocycles. The van der Waals surface area contributed by atoms with Crippen LogP contribution in [0.15, 0.2) is 11.8 Å². The van der Waals surface area contributed by atoms with Crippen molar-refractivity contribution in [2.45, 2.75) is 0 Å². The van der Waals surface area contributed by atoms with Crippen LogP contribution in [0.1, 0.15) is 0 Å². The highest BCUT2D eigenvalue weighted by molar-refractivity contribution is 5.87. The summed E-state index contributed by atoms with van der Waals surface area (Å²) >= 11 is 0. The molecule has 0 saturated heterocycles. The molecule has 3 N–H and O–H groups in total. The third-order valence-corrected chi connectivity index (χ3v) is 1.09. The first-order valence-corrected chi connectivity index (χ1v) is 2.67. The zero-order valence-corrected chi connectivity index (χ0v) is 6.07. The highest BCUT2D eigenvalue weighted by Gasteiger charge is 2.08. The van der Waals surface area contributed by atoms with E-state index in [9.17, 15) is 4.79 Å². The van der Waals surface area contributed by atoms with E-state index in [1.54, 1.807) is 0 Å². The highest BCUT2D eigenvalue weighted by Crippen LogP contribution is 1.92. The number of aliphatic carboxylic acids is 1. The van der Waals surface area contributed by atoms with Crippen molar-refractivity contribution in [1.29, 1.82) is 0 Å². The maximum Gasteiger partial charge on any atom is 0.334 e. The summed E-state index contributed by atoms with van der Waals surface area (Å²) in [5, 5.41) is 14.0. The van der Waals surface area contributed by atoms with E-state index in [1.165, 1.54) is 6.20 Å². The summed E-state index contributed by atoms with van der Waals surface area (Å²) in [4.78, 5) is 10.2. The molecule has 0 aliphatic carbocycles. The smallest absolute Gasteiger partial charge is 0.334 e. The Morgan fingerprint density at radius 2 is 2.40 bits per heavy atom. The monoisotopic (exact) mass is 164 g/mol. The molecule has 0 saturated carbocycles. The van der Waals surface area contributed by atoms with Gasteiger partial charge in [-0.05, 0) is 0 Å². The Labute approximate surface area is 64.7 Å². The number of hydrogen-bond acceptors (Lipinski definition) is 3. The molecule has 0 fully saturated rings. The lowest BCUT2D eigenvalue weighted by Crippen LogP contribution is -2.34. The van der Waals surface area contributed by atoms with Crippen molar-refractivity contribution in [2.24, 2.45) is 0 Å². The lowest BCUT2D eigenvalue weighted by atomic mass is 10.3. The van der Waals surface area contributed by atoms with E-state index < -0.39 is 5.97 Å². The quantitative estimate of drug-likeness (QED) is 0.490. The fourth-order valence-electron chi connectivity index (χ4n) is 0.632. The van der Waals surface area contributed by atoms with Gasteiger partial charge in [-0.3, -0.25) is 5.32 Å². The van der Waals surface area contributed by atoms with E-state index in [4.69, 9.17) is 5.11 Å². The summed E-state index contributed by atoms with van der Waals surface area (Å²) in [6.07, 6.45) is 1.51. The summed E-state index contributed by atoms with van der Waals surface area (Å²) in [7, 11) is 0. The molecule has 58 valence electrons. The second kappa shape index (κ2) is 4.14. The Morgan fingerprint density at radius 3 is 2.70 bits per heavy atom. The van der Waals surface area contributed by atoms with Gasteiger partial charge in [-0.2, -0.15) is 0 Å². The van der Waals surface area contributed by atoms with Crippen molar-refractivity contribution >= 4 is 18.4 Å². The summed E-state index contributed by atoms with van der Waals surface area (Å²) in [5.41, 5.74) is 0.376. The van der Waals surface area contributed by atoms with Crippen molar-refractivity contribution < 1.29 is 9.90 Å². The van der Waals surface area contributed by atoms with Gasteiger partial charge in [0.15, 0.2) is 0 Å². The molecule has 0 bridgehead atoms. The van der Waals surface area contributed by atoms with Crippen LogP contribution in [0.3, 0.4) is 0 Å². The van der Waals surface area contributed by atoms with Gasteiger partial charge in [0.05, 0.1) is 12.2 Å². The molecule has 0 radical (unpaired) electrons. The fourth-order valence-corrected chi connectivity index (χ4v) is 0.632. The highest BCUT2D eigenvalue weighted by atomic mass is 35.5. The third kappa shape index (κ3) is 2.24. The number of carboxylic acids is 1. The van der Waals surface area contributed by atoms with E-state index in [-0.39, 0.29) is 12.4 Å². The Bertz CT molecular complexity index is 158. The first kappa shape index (κ1) is 9.26. The van der Waals surface area contributed by atoms with Gasteiger partial charge in [0.1, 0.15) is 0 Å². The molecule has 0 unspecified atom stereocenters. The molecule has 0 atom stereocenters. The lowest BCUT2D eigenvalue weighted by molar-refractivity contribution is -0.132. The van der Waals surface area contributed by atoms with Crippen LogP contribution < -0.4 is 10.6 Å². The molecule has 0 aromatic carbocycles. The van der Waals surface area contributed by atoms with Gasteiger partial charge in [0, 0.05) is 12.7 Å². The molecular formula is C5H9ClN2O2. The number of carbonyl (C=O) groups is 1. The minimum Gasteiger partial charge on any atom is -0.478 e. The van der Waals surface area contributed by atoms with Crippen molar-refractivity contribution in [3.63, 3.8) is 0 Å². The van der Waals surface area contributed by atoms with E-state index in [0.717, 1.165) is 0 Å². The van der Waals surface area contributed by atoms with Crippen LogP contribution in [0.5, 0.6) is 0 Å². The molecule has 0 amide bonds. The Morgan fingerprint density at radius 1 is 1.70 bits per heavy atom. The minimum absolute atomic E-state index is 0. The van der Waals surface area contributed by atoms with Gasteiger partial charge in [-0.1, -0.05) is 0 Å². The molecule has 5 heteroatoms. The van der Waals surface area contributed by atoms with Crippen molar-refractivity contribution in [3.8, 4) is 0 Å². The van der Waals surface area contributed by atoms with Crippen LogP contribution in [-0.2, 0) is 4.79 Å². The zero-order valence-electron chi connectivity index (χ0n) is 5.26. The van der Waals surface area contributed by atoms with E-state index in [1.807, 2.05) is 0 Å². The normalized spacial score (nSPS) is 16.2. The van der Waals surface area contributed by atoms with E-state index in [0.29, 0.717) is 18.8 Å². The average Bonchev–Trinajstić information content (AvgIpc) is 1.90. The van der Waals surface area contributed by atoms with Crippen molar-refractivity contribution in [1.82, 2.24) is 10.6 Å². The van der Waals surface area contributed by atoms with Gasteiger partial charge in [-0.15, -0.1) is 12.4 Å². The number of carboxylic acid groups (broad SMARTS) is 1. The van der Waals surface area contributed by atoms with Crippen molar-refractivity contribution in [2.75, 3.05) is 13.2 Å². The molecule has 1 heterocycles. The number of halogens is 1. The summed E-state index contributed by atoms with van der Waals surface area (Å²) < 4.78 is 0. The maximum atomic E-state index is 10.2. The number of rotatable bonds is 1. The van der Waals surface area contributed by atoms with E-state index in [2.05, 4.69) is 10.6 Å². The number of nitrogens with one attached hydrogen (secondary N) is 2. The van der Waals surface area contributed by atoms with Crippen LogP contribution in [0.25, 0.3) is 0 Å². The Kier molecular flexibility index (Phi) is 3.83. The Balaban J connectivity index is 0.000000810. The molecule has 10 heavy (non-hydrogen) atoms. The second-order valence-corrected chi connectivity index (χ2v) is 1.78. The van der Waals surface area contributed by atoms with Gasteiger partial charge in [0.25, 0.3) is 0 Å². The van der Waals surface area contributed by atoms with Crippen LogP contribution in [0, 0.1) is 0 Å². The van der Waals surface area contributed by atoms with Crippen molar-refractivity contribution in [3.05, 3.63) is 11.8 Å². The predicted molar refractivity (Wildman–Crippen MR) is 39.0 cm³/mol. The topological polar surface area (TPSA) is 61.4 Å². The zero-order chi connectivity index (χ0) is 6.69. The first-order chi connectivity index (χ1) is 4.30. The van der Waals surface area contributed by atoms with Crippen LogP contribution in [0.4, 0.5) is 0 Å². The van der Waals surface area contributed by atoms with Crippen LogP contribution in [0.2, 0.25) is 0 Å². The van der Waals surface area contributed by atoms with Gasteiger partial charge < -0.3 is 10.4 Å². The first-order valence-electron chi connectivity index (χ1n) is 2.67. The SMILES string of the molecule is Cl.O=C(O)C1=CNCNC1. The molecular weight excluding hydrogens is 156 g/mol. The molecule has 4 nitrogen and oxygen atoms in total. The summed E-state index contributed by atoms with van der Waals surface area (Å²) in [6, 6.07) is 0. The average molecular weight is 165 g/mol. The van der Waals surface area contributed by atoms with Gasteiger partial charge in [-0.25, -0.2) is 4.79 Å². The largest absolute Gasteiger partial charge is 0.478 e. The lowest BCUT2D eigenvalue weighted by Gasteiger charge is -2.11. The fraction of sp³-hybridized carbons (Fsp3) is 0.400. The van der Waals surface area contributed by atoms with Gasteiger partial charge >= 0.3 is 5.97 Å². The molecule has 1 aliphatic rings. The summed E-state index contributed by atoms with van der Waals surface area (Å²) in [5.74, 6) is -0.866. The Hall–Kier alpha value is -0.740. The van der Waals surface area contributed by atoms with E-state index >= 15 is 0 Å². The molecule has 0 spiro atoms. The maximum absolute atomic E-state index is 10.2. The minimum atomic E-state index is -0.866. The molecule has 0 aromatic heterocycles. The third-order valence-electron chi connectivity index (χ3n) is 1.09. The summed E-state index contributed by atoms with van der Waals surface area (Å²) in [6.45, 7) is 1.10. The molecule has 0 aromatic rings. The standard InChI is InChI=1S/C5H8N2O2.ClH/c8-5(9)4-1-6-3-7-2-4;/h1,6-7H,2-3H2,(H,8,9);1H. The predicted octanol–water partition coefficient (Wildman–Crippen LogP) is -0.473. The second-order valence-electron chi connectivity index (χ2n) is 1.78. The van der Waals surface area contributed by atoms with Gasteiger partial charge in [0.2, 0.25) is 0 Å².